The standard InChI is InChI=1S/C18H18ClNO3S/c1-12(13-2-4-14(19)5-3-13)20-18(21)11-24-15-6-7-16-17(10-15)23-9-8-22-16/h2-7,10,12H,8-9,11H2,1H3,(H,20,21). The molecule has 0 aliphatic carbocycles. The number of rotatable bonds is 5. The first-order valence-corrected chi connectivity index (χ1v) is 9.05. The first-order valence-electron chi connectivity index (χ1n) is 7.69. The molecule has 0 aromatic heterocycles. The predicted octanol–water partition coefficient (Wildman–Crippen LogP) is 4.08. The molecule has 1 N–H and O–H groups in total. The zero-order valence-corrected chi connectivity index (χ0v) is 14.8. The van der Waals surface area contributed by atoms with E-state index in [1.807, 2.05) is 49.4 Å². The highest BCUT2D eigenvalue weighted by Gasteiger charge is 2.13. The number of fused-ring (bicyclic) bond motifs is 1. The van der Waals surface area contributed by atoms with Gasteiger partial charge in [-0.25, -0.2) is 0 Å². The van der Waals surface area contributed by atoms with Gasteiger partial charge >= 0.3 is 0 Å². The van der Waals surface area contributed by atoms with Gasteiger partial charge < -0.3 is 14.8 Å². The van der Waals surface area contributed by atoms with Gasteiger partial charge in [-0.15, -0.1) is 11.8 Å². The van der Waals surface area contributed by atoms with Crippen molar-refractivity contribution in [2.45, 2.75) is 17.9 Å². The van der Waals surface area contributed by atoms with Gasteiger partial charge in [-0.3, -0.25) is 4.79 Å². The van der Waals surface area contributed by atoms with E-state index in [-0.39, 0.29) is 11.9 Å². The maximum atomic E-state index is 12.1. The smallest absolute Gasteiger partial charge is 0.230 e. The minimum atomic E-state index is -0.0596. The summed E-state index contributed by atoms with van der Waals surface area (Å²) in [6.07, 6.45) is 0. The lowest BCUT2D eigenvalue weighted by Gasteiger charge is -2.18. The molecule has 0 radical (unpaired) electrons. The Labute approximate surface area is 150 Å². The van der Waals surface area contributed by atoms with Crippen molar-refractivity contribution in [1.82, 2.24) is 5.32 Å². The highest BCUT2D eigenvalue weighted by atomic mass is 35.5. The topological polar surface area (TPSA) is 47.6 Å². The number of benzene rings is 2. The van der Waals surface area contributed by atoms with Crippen LogP contribution in [0.3, 0.4) is 0 Å². The molecule has 2 aromatic carbocycles. The zero-order valence-electron chi connectivity index (χ0n) is 13.3. The van der Waals surface area contributed by atoms with E-state index in [9.17, 15) is 4.79 Å². The second-order valence-corrected chi connectivity index (χ2v) is 6.92. The normalized spacial score (nSPS) is 14.1. The molecule has 24 heavy (non-hydrogen) atoms. The minimum absolute atomic E-state index is 0.0164. The summed E-state index contributed by atoms with van der Waals surface area (Å²) in [5.74, 6) is 1.82. The van der Waals surface area contributed by atoms with Crippen LogP contribution in [0.1, 0.15) is 18.5 Å². The van der Waals surface area contributed by atoms with Gasteiger partial charge in [0.25, 0.3) is 0 Å². The van der Waals surface area contributed by atoms with Crippen LogP contribution >= 0.6 is 23.4 Å². The van der Waals surface area contributed by atoms with Crippen LogP contribution in [0.2, 0.25) is 5.02 Å². The number of nitrogens with one attached hydrogen (secondary N) is 1. The minimum Gasteiger partial charge on any atom is -0.486 e. The molecular weight excluding hydrogens is 346 g/mol. The summed E-state index contributed by atoms with van der Waals surface area (Å²) >= 11 is 7.35. The molecule has 0 fully saturated rings. The van der Waals surface area contributed by atoms with Crippen molar-refractivity contribution in [2.75, 3.05) is 19.0 Å². The lowest BCUT2D eigenvalue weighted by molar-refractivity contribution is -0.119. The van der Waals surface area contributed by atoms with E-state index in [0.717, 1.165) is 22.0 Å². The number of hydrogen-bond acceptors (Lipinski definition) is 4. The summed E-state index contributed by atoms with van der Waals surface area (Å²) in [5, 5.41) is 3.68. The number of hydrogen-bond donors (Lipinski definition) is 1. The summed E-state index contributed by atoms with van der Waals surface area (Å²) in [4.78, 5) is 13.1. The molecule has 3 rings (SSSR count). The Balaban J connectivity index is 1.52. The van der Waals surface area contributed by atoms with E-state index < -0.39 is 0 Å². The first-order chi connectivity index (χ1) is 11.6. The Kier molecular flexibility index (Phi) is 5.53. The van der Waals surface area contributed by atoms with Crippen molar-refractivity contribution in [3.63, 3.8) is 0 Å². The molecule has 6 heteroatoms. The largest absolute Gasteiger partial charge is 0.486 e. The molecule has 1 amide bonds. The van der Waals surface area contributed by atoms with Crippen LogP contribution in [-0.2, 0) is 4.79 Å². The van der Waals surface area contributed by atoms with Crippen molar-refractivity contribution in [3.8, 4) is 11.5 Å². The monoisotopic (exact) mass is 363 g/mol. The van der Waals surface area contributed by atoms with Crippen LogP contribution in [0.5, 0.6) is 11.5 Å². The summed E-state index contributed by atoms with van der Waals surface area (Å²) in [7, 11) is 0. The average Bonchev–Trinajstić information content (AvgIpc) is 2.60. The van der Waals surface area contributed by atoms with Gasteiger partial charge in [0.05, 0.1) is 11.8 Å². The molecule has 2 aromatic rings. The fourth-order valence-corrected chi connectivity index (χ4v) is 3.24. The van der Waals surface area contributed by atoms with Gasteiger partial charge in [-0.1, -0.05) is 23.7 Å². The molecular formula is C18H18ClNO3S. The van der Waals surface area contributed by atoms with Crippen molar-refractivity contribution >= 4 is 29.3 Å². The lowest BCUT2D eigenvalue weighted by Crippen LogP contribution is -2.28. The lowest BCUT2D eigenvalue weighted by atomic mass is 10.1. The van der Waals surface area contributed by atoms with Gasteiger partial charge in [0, 0.05) is 9.92 Å². The Morgan fingerprint density at radius 1 is 1.17 bits per heavy atom. The fourth-order valence-electron chi connectivity index (χ4n) is 2.38. The molecule has 0 saturated carbocycles. The van der Waals surface area contributed by atoms with Crippen molar-refractivity contribution in [3.05, 3.63) is 53.1 Å². The van der Waals surface area contributed by atoms with Gasteiger partial charge in [-0.05, 0) is 42.8 Å². The van der Waals surface area contributed by atoms with Gasteiger partial charge in [0.15, 0.2) is 11.5 Å². The second-order valence-electron chi connectivity index (χ2n) is 5.43. The number of ether oxygens (including phenoxy) is 2. The Hall–Kier alpha value is -1.85. The van der Waals surface area contributed by atoms with Crippen LogP contribution in [0.15, 0.2) is 47.4 Å². The number of thioether (sulfide) groups is 1. The quantitative estimate of drug-likeness (QED) is 0.813. The van der Waals surface area contributed by atoms with Crippen molar-refractivity contribution < 1.29 is 14.3 Å². The van der Waals surface area contributed by atoms with Crippen LogP contribution in [0.4, 0.5) is 0 Å². The van der Waals surface area contributed by atoms with Crippen LogP contribution in [0, 0.1) is 0 Å². The summed E-state index contributed by atoms with van der Waals surface area (Å²) < 4.78 is 11.0. The molecule has 1 aliphatic heterocycles. The molecule has 1 atom stereocenters. The van der Waals surface area contributed by atoms with E-state index in [1.165, 1.54) is 11.8 Å². The van der Waals surface area contributed by atoms with Gasteiger partial charge in [0.1, 0.15) is 13.2 Å². The van der Waals surface area contributed by atoms with Crippen molar-refractivity contribution in [1.29, 1.82) is 0 Å². The summed E-state index contributed by atoms with van der Waals surface area (Å²) in [6, 6.07) is 13.2. The van der Waals surface area contributed by atoms with Crippen LogP contribution < -0.4 is 14.8 Å². The highest BCUT2D eigenvalue weighted by molar-refractivity contribution is 8.00. The zero-order chi connectivity index (χ0) is 16.9. The van der Waals surface area contributed by atoms with E-state index in [1.54, 1.807) is 0 Å². The fraction of sp³-hybridized carbons (Fsp3) is 0.278. The third-order valence-electron chi connectivity index (χ3n) is 3.63. The third-order valence-corrected chi connectivity index (χ3v) is 4.88. The van der Waals surface area contributed by atoms with Gasteiger partial charge in [-0.2, -0.15) is 0 Å². The third kappa shape index (κ3) is 4.36. The molecule has 4 nitrogen and oxygen atoms in total. The Bertz CT molecular complexity index is 721. The predicted molar refractivity (Wildman–Crippen MR) is 96.2 cm³/mol. The SMILES string of the molecule is CC(NC(=O)CSc1ccc2c(c1)OCCO2)c1ccc(Cl)cc1. The van der Waals surface area contributed by atoms with Crippen molar-refractivity contribution in [2.24, 2.45) is 0 Å². The van der Waals surface area contributed by atoms with E-state index in [0.29, 0.717) is 24.0 Å². The van der Waals surface area contributed by atoms with Crippen LogP contribution in [-0.4, -0.2) is 24.9 Å². The van der Waals surface area contributed by atoms with Gasteiger partial charge in [0.2, 0.25) is 5.91 Å². The molecule has 0 bridgehead atoms. The number of carbonyl (C=O) groups is 1. The van der Waals surface area contributed by atoms with E-state index in [2.05, 4.69) is 5.32 Å². The van der Waals surface area contributed by atoms with Crippen LogP contribution in [0.25, 0.3) is 0 Å². The Morgan fingerprint density at radius 2 is 1.88 bits per heavy atom. The Morgan fingerprint density at radius 3 is 2.62 bits per heavy atom. The molecule has 1 aliphatic rings. The number of halogens is 1. The molecule has 1 unspecified atom stereocenters. The average molecular weight is 364 g/mol. The summed E-state index contributed by atoms with van der Waals surface area (Å²) in [6.45, 7) is 3.08. The molecule has 1 heterocycles. The maximum Gasteiger partial charge on any atom is 0.230 e. The maximum absolute atomic E-state index is 12.1. The van der Waals surface area contributed by atoms with E-state index in [4.69, 9.17) is 21.1 Å². The second kappa shape index (κ2) is 7.81. The molecule has 0 spiro atoms. The van der Waals surface area contributed by atoms with E-state index >= 15 is 0 Å². The molecule has 0 saturated heterocycles. The summed E-state index contributed by atoms with van der Waals surface area (Å²) in [5.41, 5.74) is 1.03. The number of carbonyl (C=O) groups excluding carboxylic acids is 1. The molecule has 126 valence electrons. The number of amides is 1. The first kappa shape index (κ1) is 17.0. The highest BCUT2D eigenvalue weighted by Crippen LogP contribution is 2.34.